The Bertz CT molecular complexity index is 1920. The van der Waals surface area contributed by atoms with Crippen LogP contribution in [-0.4, -0.2) is 0 Å². The van der Waals surface area contributed by atoms with Gasteiger partial charge in [0.25, 0.3) is 0 Å². The SMILES string of the molecule is C=C(/C=C\C=C/C)N(C1=CCc2ccccc2N(c2ccc(-c3ccccc3)cc2)C(=C)C=C1)c1ccc(-c2ccccc2)cc1. The summed E-state index contributed by atoms with van der Waals surface area (Å²) in [5, 5.41) is 0. The molecule has 0 amide bonds. The zero-order valence-electron chi connectivity index (χ0n) is 26.3. The molecule has 0 aromatic heterocycles. The lowest BCUT2D eigenvalue weighted by Crippen LogP contribution is -2.19. The van der Waals surface area contributed by atoms with Crippen LogP contribution in [0, 0.1) is 0 Å². The third kappa shape index (κ3) is 6.77. The van der Waals surface area contributed by atoms with E-state index in [0.29, 0.717) is 0 Å². The fourth-order valence-corrected chi connectivity index (χ4v) is 5.77. The van der Waals surface area contributed by atoms with Gasteiger partial charge in [0.05, 0.1) is 0 Å². The molecule has 6 rings (SSSR count). The largest absolute Gasteiger partial charge is 0.311 e. The maximum Gasteiger partial charge on any atom is 0.0496 e. The number of hydrogen-bond donors (Lipinski definition) is 0. The molecule has 0 unspecified atom stereocenters. The quantitative estimate of drug-likeness (QED) is 0.165. The molecular weight excluding hydrogens is 556 g/mol. The Labute approximate surface area is 273 Å². The van der Waals surface area contributed by atoms with E-state index in [-0.39, 0.29) is 0 Å². The molecule has 2 nitrogen and oxygen atoms in total. The van der Waals surface area contributed by atoms with Crippen molar-refractivity contribution in [2.45, 2.75) is 13.3 Å². The highest BCUT2D eigenvalue weighted by Gasteiger charge is 2.19. The fraction of sp³-hybridized carbons (Fsp3) is 0.0455. The average Bonchev–Trinajstić information content (AvgIpc) is 3.17. The van der Waals surface area contributed by atoms with E-state index in [1.54, 1.807) is 0 Å². The molecule has 2 heteroatoms. The second-order valence-corrected chi connectivity index (χ2v) is 11.2. The monoisotopic (exact) mass is 594 g/mol. The molecule has 1 aliphatic heterocycles. The highest BCUT2D eigenvalue weighted by molar-refractivity contribution is 5.76. The molecule has 0 atom stereocenters. The van der Waals surface area contributed by atoms with Crippen LogP contribution >= 0.6 is 0 Å². The molecule has 0 saturated heterocycles. The number of benzene rings is 5. The summed E-state index contributed by atoms with van der Waals surface area (Å²) in [6, 6.07) is 46.9. The van der Waals surface area contributed by atoms with Gasteiger partial charge in [-0.3, -0.25) is 0 Å². The van der Waals surface area contributed by atoms with Gasteiger partial charge in [-0.2, -0.15) is 0 Å². The lowest BCUT2D eigenvalue weighted by molar-refractivity contribution is 1.11. The molecule has 0 aliphatic carbocycles. The lowest BCUT2D eigenvalue weighted by atomic mass is 10.0. The molecule has 0 radical (unpaired) electrons. The lowest BCUT2D eigenvalue weighted by Gasteiger charge is -2.28. The van der Waals surface area contributed by atoms with Crippen molar-refractivity contribution in [2.75, 3.05) is 9.80 Å². The summed E-state index contributed by atoms with van der Waals surface area (Å²) in [4.78, 5) is 4.46. The zero-order valence-corrected chi connectivity index (χ0v) is 26.3. The molecular formula is C44H38N2. The van der Waals surface area contributed by atoms with Crippen molar-refractivity contribution in [2.24, 2.45) is 0 Å². The first-order valence-corrected chi connectivity index (χ1v) is 15.7. The standard InChI is InChI=1S/C44H38N2/c1-4-5-8-15-34(2)45(42-29-23-38(24-30-42)36-16-9-6-10-17-36)41-28-22-35(3)46(44-21-14-13-20-40(44)27-33-41)43-31-25-39(26-32-43)37-18-11-7-12-19-37/h4-26,28-33H,2-3,27H2,1H3/b5-4-,15-8-,28-22?,41-33?. The number of fused-ring (bicyclic) bond motifs is 1. The second-order valence-electron chi connectivity index (χ2n) is 11.2. The van der Waals surface area contributed by atoms with Gasteiger partial charge in [-0.15, -0.1) is 0 Å². The topological polar surface area (TPSA) is 6.48 Å². The molecule has 46 heavy (non-hydrogen) atoms. The minimum Gasteiger partial charge on any atom is -0.311 e. The van der Waals surface area contributed by atoms with E-state index in [4.69, 9.17) is 0 Å². The van der Waals surface area contributed by atoms with E-state index >= 15 is 0 Å². The van der Waals surface area contributed by atoms with Crippen molar-refractivity contribution in [3.8, 4) is 22.3 Å². The van der Waals surface area contributed by atoms with Crippen LogP contribution in [0.4, 0.5) is 17.1 Å². The van der Waals surface area contributed by atoms with Crippen molar-refractivity contribution in [3.63, 3.8) is 0 Å². The highest BCUT2D eigenvalue weighted by atomic mass is 15.2. The summed E-state index contributed by atoms with van der Waals surface area (Å²) in [6.45, 7) is 11.1. The number of rotatable bonds is 8. The van der Waals surface area contributed by atoms with Crippen molar-refractivity contribution >= 4 is 17.1 Å². The van der Waals surface area contributed by atoms with Crippen LogP contribution in [0.3, 0.4) is 0 Å². The first kappa shape index (κ1) is 30.2. The third-order valence-electron chi connectivity index (χ3n) is 8.10. The van der Waals surface area contributed by atoms with Gasteiger partial charge in [0, 0.05) is 34.2 Å². The normalized spacial score (nSPS) is 13.2. The van der Waals surface area contributed by atoms with Gasteiger partial charge in [-0.05, 0) is 89.7 Å². The Kier molecular flexibility index (Phi) is 9.37. The summed E-state index contributed by atoms with van der Waals surface area (Å²) in [5.74, 6) is 0. The van der Waals surface area contributed by atoms with E-state index in [9.17, 15) is 0 Å². The Morgan fingerprint density at radius 1 is 0.652 bits per heavy atom. The minimum atomic E-state index is 0.742. The van der Waals surface area contributed by atoms with Gasteiger partial charge in [-0.1, -0.05) is 141 Å². The zero-order chi connectivity index (χ0) is 31.7. The molecule has 0 spiro atoms. The van der Waals surface area contributed by atoms with Gasteiger partial charge in [0.2, 0.25) is 0 Å². The van der Waals surface area contributed by atoms with E-state index in [1.165, 1.54) is 27.8 Å². The van der Waals surface area contributed by atoms with Gasteiger partial charge >= 0.3 is 0 Å². The number of hydrogen-bond acceptors (Lipinski definition) is 2. The van der Waals surface area contributed by atoms with Gasteiger partial charge in [-0.25, -0.2) is 0 Å². The van der Waals surface area contributed by atoms with Crippen LogP contribution in [-0.2, 0) is 6.42 Å². The Balaban J connectivity index is 1.38. The molecule has 224 valence electrons. The van der Waals surface area contributed by atoms with Crippen molar-refractivity contribution < 1.29 is 0 Å². The molecule has 0 bridgehead atoms. The van der Waals surface area contributed by atoms with Gasteiger partial charge in [0.1, 0.15) is 0 Å². The Morgan fingerprint density at radius 2 is 1.22 bits per heavy atom. The maximum atomic E-state index is 4.56. The van der Waals surface area contributed by atoms with Crippen LogP contribution in [0.15, 0.2) is 206 Å². The number of allylic oxidation sites excluding steroid dienone is 7. The van der Waals surface area contributed by atoms with E-state index in [0.717, 1.165) is 40.6 Å². The molecule has 0 saturated carbocycles. The van der Waals surface area contributed by atoms with Crippen LogP contribution < -0.4 is 9.80 Å². The van der Waals surface area contributed by atoms with Gasteiger partial charge < -0.3 is 9.80 Å². The summed E-state index contributed by atoms with van der Waals surface area (Å²) < 4.78 is 0. The molecule has 1 aliphatic rings. The smallest absolute Gasteiger partial charge is 0.0496 e. The highest BCUT2D eigenvalue weighted by Crippen LogP contribution is 2.36. The number of para-hydroxylation sites is 1. The number of nitrogens with zero attached hydrogens (tertiary/aromatic N) is 2. The fourth-order valence-electron chi connectivity index (χ4n) is 5.77. The molecule has 1 heterocycles. The van der Waals surface area contributed by atoms with Crippen LogP contribution in [0.1, 0.15) is 12.5 Å². The summed E-state index contributed by atoms with van der Waals surface area (Å²) in [5.41, 5.74) is 12.0. The second kappa shape index (κ2) is 14.3. The van der Waals surface area contributed by atoms with Crippen LogP contribution in [0.5, 0.6) is 0 Å². The van der Waals surface area contributed by atoms with E-state index in [1.807, 2.05) is 37.3 Å². The summed E-state index contributed by atoms with van der Waals surface area (Å²) in [6.07, 6.45) is 15.4. The van der Waals surface area contributed by atoms with Crippen molar-refractivity contribution in [1.29, 1.82) is 0 Å². The molecule has 5 aromatic carbocycles. The Morgan fingerprint density at radius 3 is 1.85 bits per heavy atom. The number of anilines is 3. The van der Waals surface area contributed by atoms with Crippen LogP contribution in [0.25, 0.3) is 22.3 Å². The summed E-state index contributed by atoms with van der Waals surface area (Å²) in [7, 11) is 0. The molecule has 0 N–H and O–H groups in total. The first-order chi connectivity index (χ1) is 22.6. The summed E-state index contributed by atoms with van der Waals surface area (Å²) >= 11 is 0. The first-order valence-electron chi connectivity index (χ1n) is 15.7. The van der Waals surface area contributed by atoms with Crippen molar-refractivity contribution in [1.82, 2.24) is 0 Å². The van der Waals surface area contributed by atoms with Crippen molar-refractivity contribution in [3.05, 3.63) is 212 Å². The molecule has 0 fully saturated rings. The predicted molar refractivity (Wildman–Crippen MR) is 198 cm³/mol. The predicted octanol–water partition coefficient (Wildman–Crippen LogP) is 11.8. The van der Waals surface area contributed by atoms with E-state index in [2.05, 4.69) is 169 Å². The average molecular weight is 595 g/mol. The minimum absolute atomic E-state index is 0.742. The van der Waals surface area contributed by atoms with Crippen LogP contribution in [0.2, 0.25) is 0 Å². The maximum absolute atomic E-state index is 4.56. The Hall–Kier alpha value is -5.86. The molecule has 5 aromatic rings. The third-order valence-corrected chi connectivity index (χ3v) is 8.10. The van der Waals surface area contributed by atoms with E-state index < -0.39 is 0 Å². The van der Waals surface area contributed by atoms with Gasteiger partial charge in [0.15, 0.2) is 0 Å².